The minimum Gasteiger partial charge on any atom is -0.282 e. The molecule has 2 rings (SSSR count). The van der Waals surface area contributed by atoms with Crippen molar-refractivity contribution < 1.29 is 9.59 Å². The Morgan fingerprint density at radius 1 is 0.515 bits per heavy atom. The minimum absolute atomic E-state index is 0.0110. The summed E-state index contributed by atoms with van der Waals surface area (Å²) in [4.78, 5) is 25.0. The molecule has 0 aliphatic carbocycles. The highest BCUT2D eigenvalue weighted by molar-refractivity contribution is 8.14. The van der Waals surface area contributed by atoms with Crippen molar-refractivity contribution in [2.75, 3.05) is 0 Å². The van der Waals surface area contributed by atoms with Crippen molar-refractivity contribution >= 4 is 138 Å². The third-order valence-corrected chi connectivity index (χ3v) is 11.5. The molecule has 0 unspecified atom stereocenters. The molecule has 13 heteroatoms. The molecule has 0 saturated heterocycles. The van der Waals surface area contributed by atoms with Crippen LogP contribution in [0.15, 0.2) is 43.9 Å². The van der Waals surface area contributed by atoms with Gasteiger partial charge < -0.3 is 0 Å². The molecule has 0 aliphatic heterocycles. The van der Waals surface area contributed by atoms with Gasteiger partial charge in [0.2, 0.25) is 10.2 Å². The van der Waals surface area contributed by atoms with Gasteiger partial charge >= 0.3 is 0 Å². The fraction of sp³-hybridized carbons (Fsp3) is 0.100. The van der Waals surface area contributed by atoms with E-state index in [1.54, 1.807) is 13.8 Å². The largest absolute Gasteiger partial charge is 0.282 e. The van der Waals surface area contributed by atoms with Crippen molar-refractivity contribution in [1.29, 1.82) is 0 Å². The minimum atomic E-state index is -0.353. The van der Waals surface area contributed by atoms with E-state index in [-0.39, 0.29) is 70.0 Å². The third-order valence-electron chi connectivity index (χ3n) is 3.66. The number of carbonyl (C=O) groups excluding carboxylic acids is 2. The molecule has 176 valence electrons. The maximum Gasteiger partial charge on any atom is 0.219 e. The second-order valence-electron chi connectivity index (χ2n) is 6.27. The van der Waals surface area contributed by atoms with Crippen molar-refractivity contribution in [2.45, 2.75) is 33.4 Å². The van der Waals surface area contributed by atoms with Crippen LogP contribution in [0.25, 0.3) is 0 Å². The molecule has 2 aromatic rings. The Morgan fingerprint density at radius 3 is 0.939 bits per heavy atom. The average Bonchev–Trinajstić information content (AvgIpc) is 2.75. The summed E-state index contributed by atoms with van der Waals surface area (Å²) in [5, 5.41) is -0.595. The van der Waals surface area contributed by atoms with E-state index in [0.29, 0.717) is 11.1 Å². The number of carbonyl (C=O) groups is 2. The zero-order valence-electron chi connectivity index (χ0n) is 16.5. The van der Waals surface area contributed by atoms with Gasteiger partial charge in [-0.25, -0.2) is 0 Å². The van der Waals surface area contributed by atoms with Gasteiger partial charge in [0.05, 0.1) is 59.8 Å². The van der Waals surface area contributed by atoms with Crippen molar-refractivity contribution in [3.05, 3.63) is 64.5 Å². The Hall–Kier alpha value is 0.630. The summed E-state index contributed by atoms with van der Waals surface area (Å²) < 4.78 is 0. The van der Waals surface area contributed by atoms with Crippen LogP contribution in [0.2, 0.25) is 40.2 Å². The van der Waals surface area contributed by atoms with Crippen molar-refractivity contribution in [2.24, 2.45) is 0 Å². The fourth-order valence-electron chi connectivity index (χ4n) is 2.00. The molecule has 0 aromatic heterocycles. The number of halogens is 8. The molecule has 0 bridgehead atoms. The number of benzene rings is 2. The van der Waals surface area contributed by atoms with E-state index in [2.05, 4.69) is 13.2 Å². The normalized spacial score (nSPS) is 11.0. The molecule has 0 fully saturated rings. The first kappa shape index (κ1) is 29.9. The standard InChI is InChI=1S/C20H10Cl8O2S3/c1-5(2)19(29)32-17-11(25)7(21)15(8(22)12(17)26)31-16-9(23)13(27)18(14(28)10(16)24)33-20(30)6(3)4/h1,3H2,2,4H3. The Bertz CT molecular complexity index is 1080. The molecule has 33 heavy (non-hydrogen) atoms. The van der Waals surface area contributed by atoms with Gasteiger partial charge in [-0.3, -0.25) is 9.59 Å². The summed E-state index contributed by atoms with van der Waals surface area (Å²) in [6.45, 7) is 10.3. The van der Waals surface area contributed by atoms with Gasteiger partial charge in [0.15, 0.2) is 0 Å². The van der Waals surface area contributed by atoms with Gasteiger partial charge in [-0.15, -0.1) is 0 Å². The lowest BCUT2D eigenvalue weighted by Gasteiger charge is -2.18. The predicted molar refractivity (Wildman–Crippen MR) is 148 cm³/mol. The first-order chi connectivity index (χ1) is 15.2. The summed E-state index contributed by atoms with van der Waals surface area (Å²) in [5.41, 5.74) is 0.590. The zero-order valence-corrected chi connectivity index (χ0v) is 25.0. The number of hydrogen-bond acceptors (Lipinski definition) is 5. The smallest absolute Gasteiger partial charge is 0.219 e. The topological polar surface area (TPSA) is 34.1 Å². The average molecular weight is 662 g/mol. The summed E-state index contributed by atoms with van der Waals surface area (Å²) in [6.07, 6.45) is 0. The lowest BCUT2D eigenvalue weighted by Crippen LogP contribution is -1.96. The second-order valence-corrected chi connectivity index (χ2v) is 12.3. The highest BCUT2D eigenvalue weighted by Gasteiger charge is 2.28. The molecule has 0 aliphatic rings. The number of thioether (sulfide) groups is 2. The van der Waals surface area contributed by atoms with E-state index < -0.39 is 0 Å². The van der Waals surface area contributed by atoms with Crippen LogP contribution in [0.4, 0.5) is 0 Å². The van der Waals surface area contributed by atoms with Crippen LogP contribution in [0, 0.1) is 0 Å². The third kappa shape index (κ3) is 6.50. The van der Waals surface area contributed by atoms with E-state index in [4.69, 9.17) is 92.8 Å². The van der Waals surface area contributed by atoms with Gasteiger partial charge in [-0.05, 0) is 48.5 Å². The van der Waals surface area contributed by atoms with Crippen LogP contribution in [0.1, 0.15) is 13.8 Å². The zero-order chi connectivity index (χ0) is 25.4. The van der Waals surface area contributed by atoms with E-state index in [0.717, 1.165) is 35.3 Å². The molecule has 0 amide bonds. The molecule has 0 heterocycles. The van der Waals surface area contributed by atoms with E-state index in [9.17, 15) is 9.59 Å². The van der Waals surface area contributed by atoms with Crippen LogP contribution in [-0.4, -0.2) is 10.2 Å². The molecule has 0 radical (unpaired) electrons. The van der Waals surface area contributed by atoms with E-state index >= 15 is 0 Å². The van der Waals surface area contributed by atoms with Crippen molar-refractivity contribution in [3.63, 3.8) is 0 Å². The maximum absolute atomic E-state index is 12.1. The molecular formula is C20H10Cl8O2S3. The Kier molecular flexibility index (Phi) is 11.1. The van der Waals surface area contributed by atoms with Crippen LogP contribution < -0.4 is 0 Å². The molecule has 2 aromatic carbocycles. The first-order valence-electron chi connectivity index (χ1n) is 8.35. The van der Waals surface area contributed by atoms with Crippen LogP contribution in [0.5, 0.6) is 0 Å². The molecule has 0 N–H and O–H groups in total. The lowest BCUT2D eigenvalue weighted by molar-refractivity contribution is -0.108. The Balaban J connectivity index is 2.62. The molecule has 0 saturated carbocycles. The number of hydrogen-bond donors (Lipinski definition) is 0. The molecule has 0 atom stereocenters. The predicted octanol–water partition coefficient (Wildman–Crippen LogP) is 11.5. The first-order valence-corrected chi connectivity index (χ1v) is 13.8. The van der Waals surface area contributed by atoms with Crippen molar-refractivity contribution in [1.82, 2.24) is 0 Å². The van der Waals surface area contributed by atoms with E-state index in [1.165, 1.54) is 0 Å². The summed E-state index contributed by atoms with van der Waals surface area (Å²) in [7, 11) is 0. The number of rotatable bonds is 6. The summed E-state index contributed by atoms with van der Waals surface area (Å²) >= 11 is 53.8. The monoisotopic (exact) mass is 658 g/mol. The van der Waals surface area contributed by atoms with Crippen molar-refractivity contribution in [3.8, 4) is 0 Å². The fourth-order valence-corrected chi connectivity index (χ4v) is 7.54. The lowest BCUT2D eigenvalue weighted by atomic mass is 10.3. The van der Waals surface area contributed by atoms with Crippen LogP contribution in [-0.2, 0) is 9.59 Å². The van der Waals surface area contributed by atoms with Gasteiger partial charge in [-0.2, -0.15) is 0 Å². The molecule has 0 spiro atoms. The van der Waals surface area contributed by atoms with Gasteiger partial charge in [-0.1, -0.05) is 118 Å². The van der Waals surface area contributed by atoms with Crippen LogP contribution in [0.3, 0.4) is 0 Å². The Labute approximate surface area is 243 Å². The molecule has 2 nitrogen and oxygen atoms in total. The summed E-state index contributed by atoms with van der Waals surface area (Å²) in [5.74, 6) is 0. The Morgan fingerprint density at radius 2 is 0.727 bits per heavy atom. The second kappa shape index (κ2) is 12.2. The SMILES string of the molecule is C=C(C)C(=O)Sc1c(Cl)c(Cl)c(Sc2c(Cl)c(Cl)c(SC(=O)C(=C)C)c(Cl)c2Cl)c(Cl)c1Cl. The van der Waals surface area contributed by atoms with Crippen LogP contribution >= 0.6 is 128 Å². The quantitative estimate of drug-likeness (QED) is 0.175. The van der Waals surface area contributed by atoms with Gasteiger partial charge in [0.25, 0.3) is 0 Å². The highest BCUT2D eigenvalue weighted by atomic mass is 35.5. The van der Waals surface area contributed by atoms with Gasteiger partial charge in [0, 0.05) is 0 Å². The summed E-state index contributed by atoms with van der Waals surface area (Å²) in [6, 6.07) is 0. The van der Waals surface area contributed by atoms with Gasteiger partial charge in [0.1, 0.15) is 0 Å². The molecular weight excluding hydrogens is 652 g/mol. The maximum atomic E-state index is 12.1. The van der Waals surface area contributed by atoms with E-state index in [1.807, 2.05) is 0 Å². The highest BCUT2D eigenvalue weighted by Crippen LogP contribution is 2.56.